The lowest BCUT2D eigenvalue weighted by atomic mass is 10.1. The number of carbonyl (C=O) groups is 1. The Morgan fingerprint density at radius 1 is 1.11 bits per heavy atom. The molecule has 0 N–H and O–H groups in total. The second-order valence-corrected chi connectivity index (χ2v) is 7.22. The largest absolute Gasteiger partial charge is 0.463 e. The lowest BCUT2D eigenvalue weighted by Crippen LogP contribution is -2.25. The predicted octanol–water partition coefficient (Wildman–Crippen LogP) is 5.19. The number of furan rings is 1. The van der Waals surface area contributed by atoms with E-state index in [-0.39, 0.29) is 5.91 Å². The number of rotatable bonds is 4. The van der Waals surface area contributed by atoms with Crippen LogP contribution in [0.25, 0.3) is 10.2 Å². The average molecular weight is 375 g/mol. The molecule has 0 radical (unpaired) electrons. The van der Waals surface area contributed by atoms with Gasteiger partial charge >= 0.3 is 0 Å². The molecule has 0 aliphatic rings. The van der Waals surface area contributed by atoms with E-state index in [1.54, 1.807) is 30.5 Å². The van der Waals surface area contributed by atoms with Crippen molar-refractivity contribution in [2.45, 2.75) is 13.8 Å². The quantitative estimate of drug-likeness (QED) is 0.364. The minimum atomic E-state index is -0.242. The summed E-state index contributed by atoms with van der Waals surface area (Å²) >= 11 is 1.43. The van der Waals surface area contributed by atoms with Gasteiger partial charge in [0.1, 0.15) is 5.76 Å². The molecule has 27 heavy (non-hydrogen) atoms. The molecule has 5 nitrogen and oxygen atoms in total. The first-order valence-corrected chi connectivity index (χ1v) is 9.27. The Morgan fingerprint density at radius 3 is 2.63 bits per heavy atom. The number of benzene rings is 2. The summed E-state index contributed by atoms with van der Waals surface area (Å²) in [5.74, 6) is 0.322. The average Bonchev–Trinajstić information content (AvgIpc) is 3.31. The number of nitrogens with zero attached hydrogens (tertiary/aromatic N) is 3. The molecule has 6 heteroatoms. The minimum Gasteiger partial charge on any atom is -0.463 e. The van der Waals surface area contributed by atoms with E-state index in [1.165, 1.54) is 22.6 Å². The van der Waals surface area contributed by atoms with Crippen LogP contribution < -0.4 is 5.01 Å². The highest BCUT2D eigenvalue weighted by Crippen LogP contribution is 2.30. The van der Waals surface area contributed by atoms with Gasteiger partial charge < -0.3 is 4.42 Å². The Morgan fingerprint density at radius 2 is 1.89 bits per heavy atom. The first-order chi connectivity index (χ1) is 13.1. The van der Waals surface area contributed by atoms with Gasteiger partial charge in [-0.2, -0.15) is 10.1 Å². The Labute approximate surface area is 160 Å². The van der Waals surface area contributed by atoms with E-state index in [4.69, 9.17) is 4.42 Å². The molecular weight excluding hydrogens is 358 g/mol. The van der Waals surface area contributed by atoms with Gasteiger partial charge in [0.15, 0.2) is 0 Å². The van der Waals surface area contributed by atoms with Gasteiger partial charge in [0, 0.05) is 5.56 Å². The van der Waals surface area contributed by atoms with Crippen molar-refractivity contribution >= 4 is 38.8 Å². The second kappa shape index (κ2) is 7.17. The smallest absolute Gasteiger partial charge is 0.280 e. The summed E-state index contributed by atoms with van der Waals surface area (Å²) in [6.07, 6.45) is 3.08. The van der Waals surface area contributed by atoms with E-state index in [0.29, 0.717) is 16.5 Å². The molecule has 2 aromatic carbocycles. The van der Waals surface area contributed by atoms with Crippen molar-refractivity contribution in [3.63, 3.8) is 0 Å². The third kappa shape index (κ3) is 3.66. The van der Waals surface area contributed by atoms with Crippen molar-refractivity contribution in [1.82, 2.24) is 4.98 Å². The zero-order valence-electron chi connectivity index (χ0n) is 14.9. The number of hydrazone groups is 1. The summed E-state index contributed by atoms with van der Waals surface area (Å²) in [7, 11) is 0. The molecule has 0 saturated heterocycles. The number of aryl methyl sites for hydroxylation is 2. The van der Waals surface area contributed by atoms with Crippen molar-refractivity contribution in [3.8, 4) is 0 Å². The van der Waals surface area contributed by atoms with E-state index < -0.39 is 0 Å². The molecule has 0 aliphatic carbocycles. The second-order valence-electron chi connectivity index (χ2n) is 6.21. The fraction of sp³-hybridized carbons (Fsp3) is 0.0952. The summed E-state index contributed by atoms with van der Waals surface area (Å²) in [6.45, 7) is 4.01. The van der Waals surface area contributed by atoms with Crippen molar-refractivity contribution in [1.29, 1.82) is 0 Å². The molecule has 1 amide bonds. The highest BCUT2D eigenvalue weighted by molar-refractivity contribution is 7.22. The number of carbonyl (C=O) groups excluding carboxylic acids is 1. The van der Waals surface area contributed by atoms with E-state index >= 15 is 0 Å². The third-order valence-electron chi connectivity index (χ3n) is 4.05. The Balaban J connectivity index is 1.76. The highest BCUT2D eigenvalue weighted by atomic mass is 32.1. The van der Waals surface area contributed by atoms with Crippen LogP contribution in [0, 0.1) is 13.8 Å². The molecule has 4 rings (SSSR count). The number of amides is 1. The van der Waals surface area contributed by atoms with Crippen LogP contribution >= 0.6 is 11.3 Å². The maximum atomic E-state index is 13.1. The van der Waals surface area contributed by atoms with Crippen LogP contribution in [-0.4, -0.2) is 17.1 Å². The van der Waals surface area contributed by atoms with Crippen molar-refractivity contribution in [2.75, 3.05) is 5.01 Å². The lowest BCUT2D eigenvalue weighted by molar-refractivity contribution is 0.0988. The standard InChI is InChI=1S/C21H17N3O2S/c1-14-5-8-16(9-6-14)20(25)24(22-13-17-4-3-11-26-17)21-23-18-10-7-15(2)12-19(18)27-21/h3-13H,1-2H3/b22-13+. The monoisotopic (exact) mass is 375 g/mol. The SMILES string of the molecule is Cc1ccc(C(=O)N(/N=C/c2ccco2)c2nc3ccc(C)cc3s2)cc1. The number of fused-ring (bicyclic) bond motifs is 1. The third-order valence-corrected chi connectivity index (χ3v) is 5.04. The summed E-state index contributed by atoms with van der Waals surface area (Å²) in [4.78, 5) is 17.7. The topological polar surface area (TPSA) is 58.7 Å². The van der Waals surface area contributed by atoms with Gasteiger partial charge in [-0.3, -0.25) is 4.79 Å². The van der Waals surface area contributed by atoms with E-state index in [9.17, 15) is 4.79 Å². The van der Waals surface area contributed by atoms with Crippen LogP contribution in [0.3, 0.4) is 0 Å². The minimum absolute atomic E-state index is 0.242. The number of thiazole rings is 1. The predicted molar refractivity (Wildman–Crippen MR) is 109 cm³/mol. The fourth-order valence-electron chi connectivity index (χ4n) is 2.60. The first-order valence-electron chi connectivity index (χ1n) is 8.46. The van der Waals surface area contributed by atoms with Gasteiger partial charge in [-0.25, -0.2) is 4.98 Å². The van der Waals surface area contributed by atoms with E-state index in [2.05, 4.69) is 16.2 Å². The van der Waals surface area contributed by atoms with Crippen LogP contribution in [0.1, 0.15) is 27.2 Å². The maximum absolute atomic E-state index is 13.1. The van der Waals surface area contributed by atoms with E-state index in [0.717, 1.165) is 21.3 Å². The van der Waals surface area contributed by atoms with Gasteiger partial charge in [-0.15, -0.1) is 0 Å². The van der Waals surface area contributed by atoms with Crippen LogP contribution in [-0.2, 0) is 0 Å². The molecule has 134 valence electrons. The van der Waals surface area contributed by atoms with Crippen LogP contribution in [0.4, 0.5) is 5.13 Å². The molecule has 0 saturated carbocycles. The zero-order chi connectivity index (χ0) is 18.8. The lowest BCUT2D eigenvalue weighted by Gasteiger charge is -2.13. The molecular formula is C21H17N3O2S. The van der Waals surface area contributed by atoms with Gasteiger partial charge in [-0.05, 0) is 55.8 Å². The molecule has 2 aromatic heterocycles. The fourth-order valence-corrected chi connectivity index (χ4v) is 3.62. The summed E-state index contributed by atoms with van der Waals surface area (Å²) in [5.41, 5.74) is 3.63. The molecule has 2 heterocycles. The number of aromatic nitrogens is 1. The maximum Gasteiger partial charge on any atom is 0.280 e. The van der Waals surface area contributed by atoms with Crippen molar-refractivity contribution in [2.24, 2.45) is 5.10 Å². The number of hydrogen-bond donors (Lipinski definition) is 0. The summed E-state index contributed by atoms with van der Waals surface area (Å²) < 4.78 is 6.31. The molecule has 0 fully saturated rings. The Kier molecular flexibility index (Phi) is 4.56. The molecule has 0 unspecified atom stereocenters. The van der Waals surface area contributed by atoms with Crippen LogP contribution in [0.15, 0.2) is 70.4 Å². The van der Waals surface area contributed by atoms with E-state index in [1.807, 2.05) is 38.1 Å². The Bertz CT molecular complexity index is 1110. The zero-order valence-corrected chi connectivity index (χ0v) is 15.7. The number of anilines is 1. The van der Waals surface area contributed by atoms with Gasteiger partial charge in [0.2, 0.25) is 5.13 Å². The molecule has 0 bridgehead atoms. The first kappa shape index (κ1) is 17.2. The molecule has 0 spiro atoms. The molecule has 0 aliphatic heterocycles. The van der Waals surface area contributed by atoms with Crippen molar-refractivity contribution in [3.05, 3.63) is 83.3 Å². The molecule has 0 atom stereocenters. The van der Waals surface area contributed by atoms with Crippen LogP contribution in [0.2, 0.25) is 0 Å². The van der Waals surface area contributed by atoms with Crippen LogP contribution in [0.5, 0.6) is 0 Å². The normalized spacial score (nSPS) is 11.3. The Hall–Kier alpha value is -3.25. The van der Waals surface area contributed by atoms with Crippen molar-refractivity contribution < 1.29 is 9.21 Å². The summed E-state index contributed by atoms with van der Waals surface area (Å²) in [6, 6.07) is 17.0. The van der Waals surface area contributed by atoms with Gasteiger partial charge in [-0.1, -0.05) is 35.1 Å². The summed E-state index contributed by atoms with van der Waals surface area (Å²) in [5, 5.41) is 6.21. The van der Waals surface area contributed by atoms with Gasteiger partial charge in [0.25, 0.3) is 5.91 Å². The van der Waals surface area contributed by atoms with Gasteiger partial charge in [0.05, 0.1) is 22.7 Å². The molecule has 4 aromatic rings. The highest BCUT2D eigenvalue weighted by Gasteiger charge is 2.21. The number of hydrogen-bond acceptors (Lipinski definition) is 5.